The van der Waals surface area contributed by atoms with E-state index in [9.17, 15) is 9.59 Å². The fourth-order valence-corrected chi connectivity index (χ4v) is 2.67. The number of hydrogen-bond donors (Lipinski definition) is 1. The SMILES string of the molecule is COc1ccc(NC(=O)[C@@H](C)OC(=O)c2cc(C)nc3ccccc23)cc1. The van der Waals surface area contributed by atoms with Crippen molar-refractivity contribution in [2.45, 2.75) is 20.0 Å². The van der Waals surface area contributed by atoms with E-state index >= 15 is 0 Å². The molecule has 1 heterocycles. The first-order chi connectivity index (χ1) is 13.0. The zero-order valence-electron chi connectivity index (χ0n) is 15.4. The molecule has 0 saturated carbocycles. The van der Waals surface area contributed by atoms with Crippen LogP contribution in [0.2, 0.25) is 0 Å². The number of hydrogen-bond acceptors (Lipinski definition) is 5. The van der Waals surface area contributed by atoms with Crippen LogP contribution in [0, 0.1) is 6.92 Å². The van der Waals surface area contributed by atoms with Crippen LogP contribution >= 0.6 is 0 Å². The average molecular weight is 364 g/mol. The van der Waals surface area contributed by atoms with E-state index < -0.39 is 18.0 Å². The van der Waals surface area contributed by atoms with Crippen molar-refractivity contribution in [3.63, 3.8) is 0 Å². The van der Waals surface area contributed by atoms with E-state index in [4.69, 9.17) is 9.47 Å². The van der Waals surface area contributed by atoms with Crippen LogP contribution in [0.15, 0.2) is 54.6 Å². The van der Waals surface area contributed by atoms with Gasteiger partial charge in [-0.3, -0.25) is 9.78 Å². The summed E-state index contributed by atoms with van der Waals surface area (Å²) < 4.78 is 10.5. The van der Waals surface area contributed by atoms with Gasteiger partial charge in [0, 0.05) is 16.8 Å². The van der Waals surface area contributed by atoms with E-state index in [0.717, 1.165) is 0 Å². The molecule has 138 valence electrons. The summed E-state index contributed by atoms with van der Waals surface area (Å²) in [6.45, 7) is 3.34. The number of benzene rings is 2. The van der Waals surface area contributed by atoms with Gasteiger partial charge in [-0.25, -0.2) is 4.79 Å². The first-order valence-corrected chi connectivity index (χ1v) is 8.50. The molecule has 0 radical (unpaired) electrons. The second-order valence-corrected chi connectivity index (χ2v) is 6.09. The Morgan fingerprint density at radius 1 is 1.07 bits per heavy atom. The average Bonchev–Trinajstić information content (AvgIpc) is 2.67. The highest BCUT2D eigenvalue weighted by Crippen LogP contribution is 2.20. The molecule has 0 saturated heterocycles. The monoisotopic (exact) mass is 364 g/mol. The molecule has 0 spiro atoms. The molecule has 0 aliphatic rings. The Hall–Kier alpha value is -3.41. The normalized spacial score (nSPS) is 11.7. The largest absolute Gasteiger partial charge is 0.497 e. The number of ether oxygens (including phenoxy) is 2. The molecule has 6 heteroatoms. The van der Waals surface area contributed by atoms with E-state index in [1.165, 1.54) is 6.92 Å². The Morgan fingerprint density at radius 2 is 1.78 bits per heavy atom. The van der Waals surface area contributed by atoms with E-state index in [2.05, 4.69) is 10.3 Å². The number of rotatable bonds is 5. The van der Waals surface area contributed by atoms with Gasteiger partial charge < -0.3 is 14.8 Å². The van der Waals surface area contributed by atoms with Crippen LogP contribution in [-0.4, -0.2) is 30.1 Å². The van der Waals surface area contributed by atoms with Crippen molar-refractivity contribution < 1.29 is 19.1 Å². The van der Waals surface area contributed by atoms with Crippen molar-refractivity contribution in [3.8, 4) is 5.75 Å². The van der Waals surface area contributed by atoms with Crippen molar-refractivity contribution in [1.29, 1.82) is 0 Å². The maximum absolute atomic E-state index is 12.6. The minimum atomic E-state index is -0.952. The van der Waals surface area contributed by atoms with E-state index in [1.807, 2.05) is 25.1 Å². The fraction of sp³-hybridized carbons (Fsp3) is 0.190. The van der Waals surface area contributed by atoms with E-state index in [1.54, 1.807) is 43.5 Å². The number of nitrogens with one attached hydrogen (secondary N) is 1. The molecule has 2 aromatic carbocycles. The Balaban J connectivity index is 1.72. The predicted octanol–water partition coefficient (Wildman–Crippen LogP) is 3.74. The lowest BCUT2D eigenvalue weighted by Gasteiger charge is -2.15. The maximum Gasteiger partial charge on any atom is 0.339 e. The summed E-state index contributed by atoms with van der Waals surface area (Å²) in [5.74, 6) is -0.287. The lowest BCUT2D eigenvalue weighted by Crippen LogP contribution is -2.30. The number of carbonyl (C=O) groups excluding carboxylic acids is 2. The highest BCUT2D eigenvalue weighted by molar-refractivity contribution is 6.05. The van der Waals surface area contributed by atoms with E-state index in [-0.39, 0.29) is 0 Å². The van der Waals surface area contributed by atoms with Gasteiger partial charge in [-0.1, -0.05) is 18.2 Å². The van der Waals surface area contributed by atoms with Crippen LogP contribution in [-0.2, 0) is 9.53 Å². The highest BCUT2D eigenvalue weighted by atomic mass is 16.5. The van der Waals surface area contributed by atoms with Gasteiger partial charge in [0.15, 0.2) is 6.10 Å². The lowest BCUT2D eigenvalue weighted by atomic mass is 10.1. The lowest BCUT2D eigenvalue weighted by molar-refractivity contribution is -0.123. The Morgan fingerprint density at radius 3 is 2.48 bits per heavy atom. The number of aryl methyl sites for hydroxylation is 1. The zero-order chi connectivity index (χ0) is 19.4. The summed E-state index contributed by atoms with van der Waals surface area (Å²) in [5, 5.41) is 3.40. The molecule has 1 atom stereocenters. The predicted molar refractivity (Wildman–Crippen MR) is 103 cm³/mol. The number of aromatic nitrogens is 1. The molecular formula is C21H20N2O4. The molecule has 0 aliphatic heterocycles. The van der Waals surface area contributed by atoms with Gasteiger partial charge in [-0.2, -0.15) is 0 Å². The van der Waals surface area contributed by atoms with Crippen molar-refractivity contribution in [2.24, 2.45) is 0 Å². The smallest absolute Gasteiger partial charge is 0.339 e. The number of para-hydroxylation sites is 1. The molecule has 1 aromatic heterocycles. The standard InChI is InChI=1S/C21H20N2O4/c1-13-12-18(17-6-4-5-7-19(17)22-13)21(25)27-14(2)20(24)23-15-8-10-16(26-3)11-9-15/h4-12,14H,1-3H3,(H,23,24)/t14-/m1/s1. The third-order valence-corrected chi connectivity index (χ3v) is 4.07. The molecule has 27 heavy (non-hydrogen) atoms. The summed E-state index contributed by atoms with van der Waals surface area (Å²) in [7, 11) is 1.57. The number of carbonyl (C=O) groups is 2. The van der Waals surface area contributed by atoms with Gasteiger partial charge in [0.1, 0.15) is 5.75 Å². The third-order valence-electron chi connectivity index (χ3n) is 4.07. The molecule has 0 bridgehead atoms. The summed E-state index contributed by atoms with van der Waals surface area (Å²) in [5.41, 5.74) is 2.40. The number of nitrogens with zero attached hydrogens (tertiary/aromatic N) is 1. The summed E-state index contributed by atoms with van der Waals surface area (Å²) >= 11 is 0. The quantitative estimate of drug-likeness (QED) is 0.698. The number of fused-ring (bicyclic) bond motifs is 1. The molecule has 3 rings (SSSR count). The molecule has 1 N–H and O–H groups in total. The second kappa shape index (κ2) is 7.86. The van der Waals surface area contributed by atoms with Gasteiger partial charge in [0.05, 0.1) is 18.2 Å². The summed E-state index contributed by atoms with van der Waals surface area (Å²) in [6, 6.07) is 15.9. The van der Waals surface area contributed by atoms with Crippen molar-refractivity contribution in [1.82, 2.24) is 4.98 Å². The second-order valence-electron chi connectivity index (χ2n) is 6.09. The van der Waals surface area contributed by atoms with Gasteiger partial charge in [-0.15, -0.1) is 0 Å². The van der Waals surface area contributed by atoms with Gasteiger partial charge >= 0.3 is 5.97 Å². The van der Waals surface area contributed by atoms with Crippen LogP contribution in [0.5, 0.6) is 5.75 Å². The number of methoxy groups -OCH3 is 1. The van der Waals surface area contributed by atoms with Crippen molar-refractivity contribution >= 4 is 28.5 Å². The minimum Gasteiger partial charge on any atom is -0.497 e. The van der Waals surface area contributed by atoms with Crippen LogP contribution in [0.1, 0.15) is 23.0 Å². The third kappa shape index (κ3) is 4.23. The van der Waals surface area contributed by atoms with Gasteiger partial charge in [0.2, 0.25) is 0 Å². The van der Waals surface area contributed by atoms with Crippen LogP contribution < -0.4 is 10.1 Å². The van der Waals surface area contributed by atoms with Gasteiger partial charge in [-0.05, 0) is 50.2 Å². The van der Waals surface area contributed by atoms with Crippen LogP contribution in [0.4, 0.5) is 5.69 Å². The minimum absolute atomic E-state index is 0.391. The number of esters is 1. The first-order valence-electron chi connectivity index (χ1n) is 8.50. The van der Waals surface area contributed by atoms with Crippen molar-refractivity contribution in [2.75, 3.05) is 12.4 Å². The number of amides is 1. The molecule has 1 amide bonds. The number of anilines is 1. The highest BCUT2D eigenvalue weighted by Gasteiger charge is 2.21. The Labute approximate surface area is 157 Å². The van der Waals surface area contributed by atoms with Crippen LogP contribution in [0.3, 0.4) is 0 Å². The summed E-state index contributed by atoms with van der Waals surface area (Å²) in [4.78, 5) is 29.4. The van der Waals surface area contributed by atoms with E-state index in [0.29, 0.717) is 33.6 Å². The molecular weight excluding hydrogens is 344 g/mol. The number of pyridine rings is 1. The fourth-order valence-electron chi connectivity index (χ4n) is 2.67. The molecule has 0 fully saturated rings. The Kier molecular flexibility index (Phi) is 5.35. The molecule has 0 aliphatic carbocycles. The zero-order valence-corrected chi connectivity index (χ0v) is 15.4. The maximum atomic E-state index is 12.6. The molecule has 0 unspecified atom stereocenters. The van der Waals surface area contributed by atoms with Crippen LogP contribution in [0.25, 0.3) is 10.9 Å². The topological polar surface area (TPSA) is 77.5 Å². The van der Waals surface area contributed by atoms with Gasteiger partial charge in [0.25, 0.3) is 5.91 Å². The summed E-state index contributed by atoms with van der Waals surface area (Å²) in [6.07, 6.45) is -0.952. The first kappa shape index (κ1) is 18.4. The van der Waals surface area contributed by atoms with Crippen molar-refractivity contribution in [3.05, 3.63) is 65.9 Å². The Bertz CT molecular complexity index is 983. The molecule has 3 aromatic rings. The molecule has 6 nitrogen and oxygen atoms in total.